The van der Waals surface area contributed by atoms with Gasteiger partial charge in [-0.3, -0.25) is 19.7 Å². The summed E-state index contributed by atoms with van der Waals surface area (Å²) in [6.07, 6.45) is 0. The lowest BCUT2D eigenvalue weighted by molar-refractivity contribution is -0.384. The average Bonchev–Trinajstić information content (AvgIpc) is 2.18. The van der Waals surface area contributed by atoms with Crippen LogP contribution in [-0.2, 0) is 9.59 Å². The quantitative estimate of drug-likeness (QED) is 0.614. The van der Waals surface area contributed by atoms with Gasteiger partial charge in [-0.15, -0.1) is 0 Å². The number of nitro benzene ring substituents is 1. The van der Waals surface area contributed by atoms with Gasteiger partial charge in [0.05, 0.1) is 16.3 Å². The van der Waals surface area contributed by atoms with E-state index in [1.807, 2.05) is 0 Å². The third-order valence-electron chi connectivity index (χ3n) is 1.84. The van der Waals surface area contributed by atoms with Crippen LogP contribution in [0.25, 0.3) is 0 Å². The Bertz CT molecular complexity index is 484. The van der Waals surface area contributed by atoms with Crippen molar-refractivity contribution in [3.8, 4) is 0 Å². The summed E-state index contributed by atoms with van der Waals surface area (Å²) in [6.45, 7) is 2.58. The lowest BCUT2D eigenvalue weighted by atomic mass is 10.2. The molecule has 0 fully saturated rings. The number of non-ortho nitro benzene ring substituents is 1. The second-order valence-corrected chi connectivity index (χ2v) is 3.35. The first-order valence-electron chi connectivity index (χ1n) is 4.74. The van der Waals surface area contributed by atoms with E-state index in [2.05, 4.69) is 10.6 Å². The van der Waals surface area contributed by atoms with Gasteiger partial charge in [0.15, 0.2) is 0 Å². The number of benzene rings is 1. The molecule has 0 aliphatic rings. The topological polar surface area (TPSA) is 101 Å². The summed E-state index contributed by atoms with van der Waals surface area (Å²) in [6, 6.07) is 3.80. The van der Waals surface area contributed by atoms with Gasteiger partial charge < -0.3 is 10.6 Å². The molecule has 17 heavy (non-hydrogen) atoms. The standard InChI is InChI=1S/C10H11N3O4/c1-6(14)11-9-4-3-8(13(16)17)5-10(9)12-7(2)15/h3-5H,1-2H3,(H,11,14)(H,12,15). The van der Waals surface area contributed by atoms with Crippen molar-refractivity contribution in [3.63, 3.8) is 0 Å². The lowest BCUT2D eigenvalue weighted by Crippen LogP contribution is -2.12. The van der Waals surface area contributed by atoms with Gasteiger partial charge in [-0.1, -0.05) is 0 Å². The Labute approximate surface area is 97.0 Å². The van der Waals surface area contributed by atoms with Crippen molar-refractivity contribution in [1.82, 2.24) is 0 Å². The van der Waals surface area contributed by atoms with Crippen LogP contribution in [0.5, 0.6) is 0 Å². The van der Waals surface area contributed by atoms with Crippen LogP contribution in [0.1, 0.15) is 13.8 Å². The van der Waals surface area contributed by atoms with Gasteiger partial charge in [0.25, 0.3) is 5.69 Å². The van der Waals surface area contributed by atoms with E-state index < -0.39 is 4.92 Å². The number of carbonyl (C=O) groups is 2. The van der Waals surface area contributed by atoms with Crippen molar-refractivity contribution in [1.29, 1.82) is 0 Å². The molecule has 0 spiro atoms. The number of carbonyl (C=O) groups excluding carboxylic acids is 2. The Morgan fingerprint density at radius 3 is 2.12 bits per heavy atom. The maximum atomic E-state index is 10.9. The highest BCUT2D eigenvalue weighted by Gasteiger charge is 2.12. The van der Waals surface area contributed by atoms with Crippen molar-refractivity contribution >= 4 is 28.9 Å². The van der Waals surface area contributed by atoms with Crippen LogP contribution in [0.2, 0.25) is 0 Å². The van der Waals surface area contributed by atoms with Crippen molar-refractivity contribution < 1.29 is 14.5 Å². The first-order chi connectivity index (χ1) is 7.90. The summed E-state index contributed by atoms with van der Waals surface area (Å²) in [7, 11) is 0. The van der Waals surface area contributed by atoms with Crippen LogP contribution in [0.15, 0.2) is 18.2 Å². The Balaban J connectivity index is 3.15. The molecule has 0 aliphatic carbocycles. The molecule has 90 valence electrons. The molecule has 0 radical (unpaired) electrons. The second-order valence-electron chi connectivity index (χ2n) is 3.35. The Hall–Kier alpha value is -2.44. The molecule has 0 saturated carbocycles. The van der Waals surface area contributed by atoms with Crippen molar-refractivity contribution in [3.05, 3.63) is 28.3 Å². The van der Waals surface area contributed by atoms with E-state index >= 15 is 0 Å². The first kappa shape index (κ1) is 12.6. The molecule has 0 aliphatic heterocycles. The average molecular weight is 237 g/mol. The molecule has 1 rings (SSSR count). The number of rotatable bonds is 3. The van der Waals surface area contributed by atoms with Crippen LogP contribution in [0, 0.1) is 10.1 Å². The molecule has 7 heteroatoms. The van der Waals surface area contributed by atoms with Gasteiger partial charge in [0.2, 0.25) is 11.8 Å². The summed E-state index contributed by atoms with van der Waals surface area (Å²) in [5.41, 5.74) is 0.350. The summed E-state index contributed by atoms with van der Waals surface area (Å²) >= 11 is 0. The van der Waals surface area contributed by atoms with E-state index in [4.69, 9.17) is 0 Å². The Morgan fingerprint density at radius 1 is 1.12 bits per heavy atom. The zero-order valence-electron chi connectivity index (χ0n) is 9.31. The molecule has 0 atom stereocenters. The molecule has 2 N–H and O–H groups in total. The number of amides is 2. The van der Waals surface area contributed by atoms with Crippen LogP contribution in [0.4, 0.5) is 17.1 Å². The predicted octanol–water partition coefficient (Wildman–Crippen LogP) is 1.51. The number of hydrogen-bond donors (Lipinski definition) is 2. The summed E-state index contributed by atoms with van der Waals surface area (Å²) in [5, 5.41) is 15.5. The number of hydrogen-bond acceptors (Lipinski definition) is 4. The van der Waals surface area contributed by atoms with Crippen LogP contribution < -0.4 is 10.6 Å². The Morgan fingerprint density at radius 2 is 1.65 bits per heavy atom. The molecule has 0 saturated heterocycles. The normalized spacial score (nSPS) is 9.53. The molecule has 1 aromatic rings. The van der Waals surface area contributed by atoms with Gasteiger partial charge in [0.1, 0.15) is 0 Å². The number of nitro groups is 1. The maximum Gasteiger partial charge on any atom is 0.271 e. The van der Waals surface area contributed by atoms with E-state index in [0.717, 1.165) is 0 Å². The Kier molecular flexibility index (Phi) is 3.76. The monoisotopic (exact) mass is 237 g/mol. The van der Waals surface area contributed by atoms with Gasteiger partial charge in [0, 0.05) is 26.0 Å². The summed E-state index contributed by atoms with van der Waals surface area (Å²) < 4.78 is 0. The van der Waals surface area contributed by atoms with Gasteiger partial charge in [-0.25, -0.2) is 0 Å². The molecule has 1 aromatic carbocycles. The smallest absolute Gasteiger partial charge is 0.271 e. The fraction of sp³-hybridized carbons (Fsp3) is 0.200. The third-order valence-corrected chi connectivity index (χ3v) is 1.84. The highest BCUT2D eigenvalue weighted by Crippen LogP contribution is 2.26. The highest BCUT2D eigenvalue weighted by molar-refractivity contribution is 5.98. The predicted molar refractivity (Wildman–Crippen MR) is 61.7 cm³/mol. The van der Waals surface area contributed by atoms with E-state index in [1.165, 1.54) is 32.0 Å². The summed E-state index contributed by atoms with van der Waals surface area (Å²) in [4.78, 5) is 31.8. The first-order valence-corrected chi connectivity index (χ1v) is 4.74. The minimum Gasteiger partial charge on any atom is -0.325 e. The maximum absolute atomic E-state index is 10.9. The molecule has 0 unspecified atom stereocenters. The SMILES string of the molecule is CC(=O)Nc1ccc([N+](=O)[O-])cc1NC(C)=O. The second kappa shape index (κ2) is 5.06. The fourth-order valence-corrected chi connectivity index (χ4v) is 1.24. The molecule has 0 heterocycles. The van der Waals surface area contributed by atoms with Crippen molar-refractivity contribution in [2.24, 2.45) is 0 Å². The largest absolute Gasteiger partial charge is 0.325 e. The highest BCUT2D eigenvalue weighted by atomic mass is 16.6. The van der Waals surface area contributed by atoms with E-state index in [9.17, 15) is 19.7 Å². The van der Waals surface area contributed by atoms with E-state index in [0.29, 0.717) is 5.69 Å². The van der Waals surface area contributed by atoms with E-state index in [1.54, 1.807) is 0 Å². The van der Waals surface area contributed by atoms with E-state index in [-0.39, 0.29) is 23.2 Å². The number of anilines is 2. The van der Waals surface area contributed by atoms with Crippen LogP contribution in [0.3, 0.4) is 0 Å². The minimum atomic E-state index is -0.580. The zero-order chi connectivity index (χ0) is 13.0. The number of nitrogens with one attached hydrogen (secondary N) is 2. The summed E-state index contributed by atoms with van der Waals surface area (Å²) in [5.74, 6) is -0.706. The van der Waals surface area contributed by atoms with Crippen molar-refractivity contribution in [2.45, 2.75) is 13.8 Å². The zero-order valence-corrected chi connectivity index (χ0v) is 9.31. The molecule has 7 nitrogen and oxygen atoms in total. The van der Waals surface area contributed by atoms with Crippen LogP contribution >= 0.6 is 0 Å². The van der Waals surface area contributed by atoms with Crippen LogP contribution in [-0.4, -0.2) is 16.7 Å². The molecule has 2 amide bonds. The minimum absolute atomic E-state index is 0.164. The molecular formula is C10H11N3O4. The fourth-order valence-electron chi connectivity index (χ4n) is 1.24. The number of nitrogens with zero attached hydrogens (tertiary/aromatic N) is 1. The molecular weight excluding hydrogens is 226 g/mol. The van der Waals surface area contributed by atoms with Gasteiger partial charge in [-0.2, -0.15) is 0 Å². The molecule has 0 bridgehead atoms. The third kappa shape index (κ3) is 3.56. The van der Waals surface area contributed by atoms with Gasteiger partial charge in [-0.05, 0) is 6.07 Å². The molecule has 0 aromatic heterocycles. The van der Waals surface area contributed by atoms with Crippen molar-refractivity contribution in [2.75, 3.05) is 10.6 Å². The van der Waals surface area contributed by atoms with Gasteiger partial charge >= 0.3 is 0 Å². The lowest BCUT2D eigenvalue weighted by Gasteiger charge is -2.09.